The van der Waals surface area contributed by atoms with E-state index in [1.165, 1.54) is 12.4 Å². The molecule has 0 spiro atoms. The quantitative estimate of drug-likeness (QED) is 0.603. The SMILES string of the molecule is C=CC(O)C(n1cncn1)C1(Cl)CC1. The van der Waals surface area contributed by atoms with Crippen LogP contribution < -0.4 is 0 Å². The molecule has 1 N–H and O–H groups in total. The summed E-state index contributed by atoms with van der Waals surface area (Å²) in [6, 6.07) is -0.260. The van der Waals surface area contributed by atoms with Crippen LogP contribution in [-0.2, 0) is 0 Å². The first kappa shape index (κ1) is 9.68. The summed E-state index contributed by atoms with van der Waals surface area (Å²) in [4.78, 5) is 3.48. The maximum absolute atomic E-state index is 9.77. The van der Waals surface area contributed by atoms with Crippen molar-refractivity contribution in [2.24, 2.45) is 0 Å². The third-order valence-electron chi connectivity index (χ3n) is 2.54. The van der Waals surface area contributed by atoms with E-state index >= 15 is 0 Å². The van der Waals surface area contributed by atoms with Gasteiger partial charge in [0.1, 0.15) is 18.7 Å². The van der Waals surface area contributed by atoms with Crippen molar-refractivity contribution in [2.45, 2.75) is 29.9 Å². The molecule has 4 nitrogen and oxygen atoms in total. The first-order chi connectivity index (χ1) is 6.67. The molecule has 0 aromatic carbocycles. The highest BCUT2D eigenvalue weighted by Gasteiger charge is 2.51. The Hall–Kier alpha value is -0.870. The van der Waals surface area contributed by atoms with Crippen molar-refractivity contribution in [1.29, 1.82) is 0 Å². The van der Waals surface area contributed by atoms with Gasteiger partial charge in [0.25, 0.3) is 0 Å². The van der Waals surface area contributed by atoms with Crippen molar-refractivity contribution in [3.8, 4) is 0 Å². The van der Waals surface area contributed by atoms with Gasteiger partial charge in [-0.1, -0.05) is 6.08 Å². The number of nitrogens with zero attached hydrogens (tertiary/aromatic N) is 3. The van der Waals surface area contributed by atoms with Gasteiger partial charge in [-0.25, -0.2) is 9.67 Å². The lowest BCUT2D eigenvalue weighted by atomic mass is 10.1. The number of aliphatic hydroxyl groups is 1. The summed E-state index contributed by atoms with van der Waals surface area (Å²) < 4.78 is 1.60. The van der Waals surface area contributed by atoms with E-state index in [1.54, 1.807) is 11.0 Å². The first-order valence-corrected chi connectivity index (χ1v) is 4.89. The average Bonchev–Trinajstić information content (AvgIpc) is 2.69. The first-order valence-electron chi connectivity index (χ1n) is 4.51. The second-order valence-corrected chi connectivity index (χ2v) is 4.33. The molecule has 14 heavy (non-hydrogen) atoms. The molecule has 2 rings (SSSR count). The van der Waals surface area contributed by atoms with Crippen LogP contribution in [0.5, 0.6) is 0 Å². The Morgan fingerprint density at radius 1 is 1.64 bits per heavy atom. The summed E-state index contributed by atoms with van der Waals surface area (Å²) in [6.45, 7) is 3.56. The summed E-state index contributed by atoms with van der Waals surface area (Å²) in [5.74, 6) is 0. The van der Waals surface area contributed by atoms with E-state index in [1.807, 2.05) is 0 Å². The summed E-state index contributed by atoms with van der Waals surface area (Å²) >= 11 is 6.28. The van der Waals surface area contributed by atoms with E-state index in [0.717, 1.165) is 12.8 Å². The molecule has 1 aliphatic rings. The van der Waals surface area contributed by atoms with Crippen LogP contribution in [0, 0.1) is 0 Å². The number of aliphatic hydroxyl groups excluding tert-OH is 1. The van der Waals surface area contributed by atoms with E-state index < -0.39 is 6.10 Å². The van der Waals surface area contributed by atoms with Crippen LogP contribution in [0.4, 0.5) is 0 Å². The Kier molecular flexibility index (Phi) is 2.33. The highest BCUT2D eigenvalue weighted by molar-refractivity contribution is 6.26. The fraction of sp³-hybridized carbons (Fsp3) is 0.556. The molecule has 0 radical (unpaired) electrons. The summed E-state index contributed by atoms with van der Waals surface area (Å²) in [6.07, 6.45) is 5.59. The topological polar surface area (TPSA) is 50.9 Å². The normalized spacial score (nSPS) is 22.7. The van der Waals surface area contributed by atoms with Crippen LogP contribution in [0.1, 0.15) is 18.9 Å². The van der Waals surface area contributed by atoms with E-state index in [-0.39, 0.29) is 10.9 Å². The average molecular weight is 214 g/mol. The number of rotatable bonds is 4. The number of alkyl halides is 1. The molecule has 2 atom stereocenters. The Morgan fingerprint density at radius 2 is 2.36 bits per heavy atom. The van der Waals surface area contributed by atoms with E-state index in [4.69, 9.17) is 11.6 Å². The van der Waals surface area contributed by atoms with Gasteiger partial charge < -0.3 is 5.11 Å². The molecule has 76 valence electrons. The summed E-state index contributed by atoms with van der Waals surface area (Å²) in [7, 11) is 0. The molecule has 1 fully saturated rings. The lowest BCUT2D eigenvalue weighted by Crippen LogP contribution is -2.32. The third-order valence-corrected chi connectivity index (χ3v) is 3.15. The lowest BCUT2D eigenvalue weighted by molar-refractivity contribution is 0.141. The van der Waals surface area contributed by atoms with Crippen LogP contribution in [0.25, 0.3) is 0 Å². The Morgan fingerprint density at radius 3 is 2.79 bits per heavy atom. The minimum atomic E-state index is -0.684. The van der Waals surface area contributed by atoms with Crippen LogP contribution in [0.15, 0.2) is 25.3 Å². The molecule has 1 saturated carbocycles. The molecule has 0 amide bonds. The molecule has 0 bridgehead atoms. The second-order valence-electron chi connectivity index (χ2n) is 3.58. The molecule has 5 heteroatoms. The maximum atomic E-state index is 9.77. The molecule has 2 unspecified atom stereocenters. The van der Waals surface area contributed by atoms with E-state index in [0.29, 0.717) is 0 Å². The van der Waals surface area contributed by atoms with Crippen molar-refractivity contribution >= 4 is 11.6 Å². The van der Waals surface area contributed by atoms with E-state index in [2.05, 4.69) is 16.7 Å². The molecule has 1 aliphatic carbocycles. The predicted octanol–water partition coefficient (Wildman–Crippen LogP) is 1.14. The third kappa shape index (κ3) is 1.55. The highest BCUT2D eigenvalue weighted by atomic mass is 35.5. The molecule has 0 aliphatic heterocycles. The smallest absolute Gasteiger partial charge is 0.137 e. The zero-order valence-electron chi connectivity index (χ0n) is 7.67. The van der Waals surface area contributed by atoms with Gasteiger partial charge in [-0.05, 0) is 12.8 Å². The van der Waals surface area contributed by atoms with Gasteiger partial charge in [0.05, 0.1) is 11.0 Å². The molecular formula is C9H12ClN3O. The number of aromatic nitrogens is 3. The number of halogens is 1. The van der Waals surface area contributed by atoms with Crippen molar-refractivity contribution in [2.75, 3.05) is 0 Å². The molecule has 1 aromatic heterocycles. The minimum absolute atomic E-state index is 0.260. The van der Waals surface area contributed by atoms with Gasteiger partial charge >= 0.3 is 0 Å². The molecular weight excluding hydrogens is 202 g/mol. The van der Waals surface area contributed by atoms with E-state index in [9.17, 15) is 5.11 Å². The highest BCUT2D eigenvalue weighted by Crippen LogP contribution is 2.52. The largest absolute Gasteiger partial charge is 0.387 e. The zero-order valence-corrected chi connectivity index (χ0v) is 8.43. The monoisotopic (exact) mass is 213 g/mol. The molecule has 1 aromatic rings. The molecule has 1 heterocycles. The van der Waals surface area contributed by atoms with Crippen molar-refractivity contribution in [3.63, 3.8) is 0 Å². The maximum Gasteiger partial charge on any atom is 0.137 e. The van der Waals surface area contributed by atoms with Gasteiger partial charge in [0.15, 0.2) is 0 Å². The lowest BCUT2D eigenvalue weighted by Gasteiger charge is -2.24. The molecule has 0 saturated heterocycles. The zero-order chi connectivity index (χ0) is 10.2. The number of hydrogen-bond donors (Lipinski definition) is 1. The van der Waals surface area contributed by atoms with Gasteiger partial charge in [-0.2, -0.15) is 5.10 Å². The Balaban J connectivity index is 2.27. The van der Waals surface area contributed by atoms with Gasteiger partial charge in [-0.15, -0.1) is 18.2 Å². The predicted molar refractivity (Wildman–Crippen MR) is 53.1 cm³/mol. The van der Waals surface area contributed by atoms with Crippen LogP contribution in [0.2, 0.25) is 0 Å². The summed E-state index contributed by atoms with van der Waals surface area (Å²) in [5, 5.41) is 13.8. The number of hydrogen-bond acceptors (Lipinski definition) is 3. The summed E-state index contributed by atoms with van der Waals surface area (Å²) in [5.41, 5.74) is 0. The second kappa shape index (κ2) is 3.37. The van der Waals surface area contributed by atoms with Crippen molar-refractivity contribution < 1.29 is 5.11 Å². The van der Waals surface area contributed by atoms with Crippen LogP contribution in [0.3, 0.4) is 0 Å². The fourth-order valence-electron chi connectivity index (χ4n) is 1.60. The Bertz CT molecular complexity index is 321. The fourth-order valence-corrected chi connectivity index (χ4v) is 1.93. The van der Waals surface area contributed by atoms with Gasteiger partial charge in [-0.3, -0.25) is 0 Å². The van der Waals surface area contributed by atoms with Gasteiger partial charge in [0.2, 0.25) is 0 Å². The Labute approximate surface area is 87.2 Å². The minimum Gasteiger partial charge on any atom is -0.387 e. The van der Waals surface area contributed by atoms with Crippen molar-refractivity contribution in [1.82, 2.24) is 14.8 Å². The standard InChI is InChI=1S/C9H12ClN3O/c1-2-7(14)8(9(10)3-4-9)13-6-11-5-12-13/h2,5-8,14H,1,3-4H2. The van der Waals surface area contributed by atoms with Crippen molar-refractivity contribution in [3.05, 3.63) is 25.3 Å². The van der Waals surface area contributed by atoms with Gasteiger partial charge in [0, 0.05) is 0 Å². The van der Waals surface area contributed by atoms with Crippen LogP contribution in [-0.4, -0.2) is 30.8 Å². The van der Waals surface area contributed by atoms with Crippen LogP contribution >= 0.6 is 11.6 Å².